The van der Waals surface area contributed by atoms with Crippen molar-refractivity contribution in [2.45, 2.75) is 58.3 Å². The van der Waals surface area contributed by atoms with Gasteiger partial charge in [0.15, 0.2) is 11.6 Å². The maximum absolute atomic E-state index is 15.7. The van der Waals surface area contributed by atoms with Crippen LogP contribution in [-0.2, 0) is 27.0 Å². The van der Waals surface area contributed by atoms with E-state index >= 15 is 4.39 Å². The van der Waals surface area contributed by atoms with Crippen molar-refractivity contribution < 1.29 is 46.5 Å². The van der Waals surface area contributed by atoms with Crippen LogP contribution in [0, 0.1) is 24.6 Å². The van der Waals surface area contributed by atoms with Crippen LogP contribution < -0.4 is 9.64 Å². The van der Waals surface area contributed by atoms with E-state index in [0.717, 1.165) is 37.2 Å². The number of alkyl halides is 3. The summed E-state index contributed by atoms with van der Waals surface area (Å²) in [7, 11) is 2.79. The largest absolute Gasteiger partial charge is 0.478 e. The number of carboxylic acids is 1. The Hall–Kier alpha value is -4.11. The summed E-state index contributed by atoms with van der Waals surface area (Å²) in [6.45, 7) is 3.52. The lowest BCUT2D eigenvalue weighted by Gasteiger charge is -2.36. The molecule has 0 bridgehead atoms. The number of anilines is 1. The van der Waals surface area contributed by atoms with E-state index in [9.17, 15) is 27.9 Å². The fourth-order valence-electron chi connectivity index (χ4n) is 5.37. The highest BCUT2D eigenvalue weighted by Crippen LogP contribution is 2.40. The zero-order valence-corrected chi connectivity index (χ0v) is 25.3. The normalized spacial score (nSPS) is 17.0. The van der Waals surface area contributed by atoms with Crippen molar-refractivity contribution in [1.82, 2.24) is 20.0 Å². The summed E-state index contributed by atoms with van der Waals surface area (Å²) < 4.78 is 73.7. The molecule has 1 aromatic carbocycles. The molecule has 0 atom stereocenters. The number of aromatic nitrogens is 4. The number of carbonyl (C=O) groups is 2. The number of aromatic carboxylic acids is 1. The number of benzene rings is 1. The average Bonchev–Trinajstić information content (AvgIpc) is 3.39. The maximum atomic E-state index is 15.7. The van der Waals surface area contributed by atoms with Crippen LogP contribution in [0.2, 0.25) is 0 Å². The number of hydrogen-bond acceptors (Lipinski definition) is 8. The van der Waals surface area contributed by atoms with Crippen molar-refractivity contribution in [3.05, 3.63) is 58.8 Å². The summed E-state index contributed by atoms with van der Waals surface area (Å²) in [5.41, 5.74) is -1.51. The van der Waals surface area contributed by atoms with Gasteiger partial charge in [0.25, 0.3) is 0 Å². The lowest BCUT2D eigenvalue weighted by atomic mass is 9.82. The van der Waals surface area contributed by atoms with Gasteiger partial charge in [-0.05, 0) is 50.2 Å². The third kappa shape index (κ3) is 8.14. The summed E-state index contributed by atoms with van der Waals surface area (Å²) >= 11 is 0. The lowest BCUT2D eigenvalue weighted by Crippen LogP contribution is -2.49. The molecule has 1 amide bonds. The van der Waals surface area contributed by atoms with E-state index in [1.807, 2.05) is 0 Å². The summed E-state index contributed by atoms with van der Waals surface area (Å²) in [5.74, 6) is -5.00. The van der Waals surface area contributed by atoms with Crippen molar-refractivity contribution in [3.63, 3.8) is 0 Å². The Morgan fingerprint density at radius 3 is 2.31 bits per heavy atom. The minimum Gasteiger partial charge on any atom is -0.478 e. The summed E-state index contributed by atoms with van der Waals surface area (Å²) in [6, 6.07) is 1.47. The van der Waals surface area contributed by atoms with Gasteiger partial charge in [-0.1, -0.05) is 6.92 Å². The number of pyridine rings is 1. The third-order valence-electron chi connectivity index (χ3n) is 7.62. The second kappa shape index (κ2) is 14.3. The molecule has 1 saturated carbocycles. The quantitative estimate of drug-likeness (QED) is 0.256. The van der Waals surface area contributed by atoms with Gasteiger partial charge in [0.1, 0.15) is 5.56 Å². The standard InChI is InChI=1S/C30H35F4N5O6/c1-17-5-7-20(8-6-17)28(40)39(21(15-43-3)16-44-4)25-11-24(31)26(10-22(25)29(41)42)45-27-23(30(32,33)34)9-19(13-35-27)14-38-36-12-18(2)37-38/h9-13,17,20-21H,5-8,14-16H2,1-4H3,(H,41,42)/t17-,20-. The van der Waals surface area contributed by atoms with Crippen molar-refractivity contribution in [3.8, 4) is 11.6 Å². The van der Waals surface area contributed by atoms with E-state index < -0.39 is 58.6 Å². The molecule has 1 fully saturated rings. The van der Waals surface area contributed by atoms with Gasteiger partial charge >= 0.3 is 12.1 Å². The van der Waals surface area contributed by atoms with Gasteiger partial charge in [-0.25, -0.2) is 14.2 Å². The molecule has 0 spiro atoms. The van der Waals surface area contributed by atoms with Crippen LogP contribution in [0.5, 0.6) is 11.6 Å². The summed E-state index contributed by atoms with van der Waals surface area (Å²) in [5, 5.41) is 18.1. The summed E-state index contributed by atoms with van der Waals surface area (Å²) in [4.78, 5) is 32.5. The van der Waals surface area contributed by atoms with Gasteiger partial charge in [0.05, 0.1) is 48.9 Å². The number of carboxylic acid groups (broad SMARTS) is 1. The highest BCUT2D eigenvalue weighted by molar-refractivity contribution is 6.03. The predicted molar refractivity (Wildman–Crippen MR) is 153 cm³/mol. The van der Waals surface area contributed by atoms with Crippen LogP contribution in [0.1, 0.15) is 59.8 Å². The Morgan fingerprint density at radius 2 is 1.76 bits per heavy atom. The molecule has 11 nitrogen and oxygen atoms in total. The Morgan fingerprint density at radius 1 is 1.09 bits per heavy atom. The SMILES string of the molecule is COCC(COC)N(c1cc(F)c(Oc2ncc(Cn3ncc(C)n3)cc2C(F)(F)F)cc1C(=O)O)C(=O)[C@H]1CC[C@H](C)CC1. The molecule has 0 aliphatic heterocycles. The molecule has 1 N–H and O–H groups in total. The Balaban J connectivity index is 1.75. The number of amides is 1. The summed E-state index contributed by atoms with van der Waals surface area (Å²) in [6.07, 6.45) is 0.300. The zero-order chi connectivity index (χ0) is 32.9. The molecule has 4 rings (SSSR count). The molecule has 3 aromatic rings. The number of halogens is 4. The van der Waals surface area contributed by atoms with E-state index in [2.05, 4.69) is 22.1 Å². The zero-order valence-electron chi connectivity index (χ0n) is 25.3. The molecule has 45 heavy (non-hydrogen) atoms. The molecule has 1 aliphatic carbocycles. The maximum Gasteiger partial charge on any atom is 0.421 e. The first-order chi connectivity index (χ1) is 21.3. The fourth-order valence-corrected chi connectivity index (χ4v) is 5.37. The molecule has 2 aromatic heterocycles. The molecular weight excluding hydrogens is 602 g/mol. The highest BCUT2D eigenvalue weighted by atomic mass is 19.4. The van der Waals surface area contributed by atoms with Crippen molar-refractivity contribution in [2.75, 3.05) is 32.3 Å². The Labute approximate surface area is 257 Å². The Bertz CT molecular complexity index is 1500. The third-order valence-corrected chi connectivity index (χ3v) is 7.62. The molecule has 244 valence electrons. The number of carbonyl (C=O) groups excluding carboxylic acids is 1. The van der Waals surface area contributed by atoms with Crippen LogP contribution in [0.15, 0.2) is 30.6 Å². The lowest BCUT2D eigenvalue weighted by molar-refractivity contribution is -0.139. The van der Waals surface area contributed by atoms with Gasteiger partial charge < -0.3 is 24.2 Å². The van der Waals surface area contributed by atoms with Crippen LogP contribution >= 0.6 is 0 Å². The first-order valence-corrected chi connectivity index (χ1v) is 14.3. The van der Waals surface area contributed by atoms with Crippen LogP contribution in [0.3, 0.4) is 0 Å². The number of ether oxygens (including phenoxy) is 3. The monoisotopic (exact) mass is 637 g/mol. The molecule has 0 saturated heterocycles. The first kappa shape index (κ1) is 33.8. The molecule has 2 heterocycles. The predicted octanol–water partition coefficient (Wildman–Crippen LogP) is 5.50. The van der Waals surface area contributed by atoms with Crippen molar-refractivity contribution >= 4 is 17.6 Å². The highest BCUT2D eigenvalue weighted by Gasteiger charge is 2.38. The molecule has 0 unspecified atom stereocenters. The average molecular weight is 638 g/mol. The molecule has 0 radical (unpaired) electrons. The second-order valence-corrected chi connectivity index (χ2v) is 11.1. The van der Waals surface area contributed by atoms with Crippen LogP contribution in [-0.4, -0.2) is 70.4 Å². The van der Waals surface area contributed by atoms with E-state index in [-0.39, 0.29) is 31.0 Å². The topological polar surface area (TPSA) is 129 Å². The smallest absolute Gasteiger partial charge is 0.421 e. The molecule has 1 aliphatic rings. The minimum atomic E-state index is -4.95. The number of methoxy groups -OCH3 is 2. The molecule has 15 heteroatoms. The van der Waals surface area contributed by atoms with E-state index in [1.54, 1.807) is 6.92 Å². The Kier molecular flexibility index (Phi) is 10.8. The molecular formula is C30H35F4N5O6. The minimum absolute atomic E-state index is 0.0551. The van der Waals surface area contributed by atoms with Crippen LogP contribution in [0.25, 0.3) is 0 Å². The van der Waals surface area contributed by atoms with Gasteiger partial charge in [0, 0.05) is 38.5 Å². The number of aryl methyl sites for hydroxylation is 1. The van der Waals surface area contributed by atoms with Crippen LogP contribution in [0.4, 0.5) is 23.2 Å². The van der Waals surface area contributed by atoms with E-state index in [1.165, 1.54) is 30.1 Å². The van der Waals surface area contributed by atoms with Gasteiger partial charge in [0.2, 0.25) is 11.8 Å². The van der Waals surface area contributed by atoms with Gasteiger partial charge in [-0.3, -0.25) is 4.79 Å². The van der Waals surface area contributed by atoms with Crippen molar-refractivity contribution in [2.24, 2.45) is 11.8 Å². The first-order valence-electron chi connectivity index (χ1n) is 14.3. The van der Waals surface area contributed by atoms with E-state index in [0.29, 0.717) is 24.5 Å². The number of hydrogen-bond donors (Lipinski definition) is 1. The fraction of sp³-hybridized carbons (Fsp3) is 0.500. The number of rotatable bonds is 12. The second-order valence-electron chi connectivity index (χ2n) is 11.1. The van der Waals surface area contributed by atoms with Gasteiger partial charge in [-0.15, -0.1) is 0 Å². The van der Waals surface area contributed by atoms with Gasteiger partial charge in [-0.2, -0.15) is 28.2 Å². The van der Waals surface area contributed by atoms with E-state index in [4.69, 9.17) is 14.2 Å². The number of nitrogens with zero attached hydrogens (tertiary/aromatic N) is 5. The van der Waals surface area contributed by atoms with Crippen molar-refractivity contribution in [1.29, 1.82) is 0 Å².